The van der Waals surface area contributed by atoms with E-state index in [1.54, 1.807) is 0 Å². The smallest absolute Gasteiger partial charge is 0.119 e. The summed E-state index contributed by atoms with van der Waals surface area (Å²) < 4.78 is 0. The van der Waals surface area contributed by atoms with Crippen molar-refractivity contribution in [2.45, 2.75) is 39.7 Å². The van der Waals surface area contributed by atoms with Crippen LogP contribution in [0.3, 0.4) is 0 Å². The van der Waals surface area contributed by atoms with Crippen LogP contribution in [0.25, 0.3) is 0 Å². The summed E-state index contributed by atoms with van der Waals surface area (Å²) in [5, 5.41) is 10.5. The lowest BCUT2D eigenvalue weighted by molar-refractivity contribution is -0.107. The van der Waals surface area contributed by atoms with Crippen molar-refractivity contribution in [3.05, 3.63) is 71.8 Å². The highest BCUT2D eigenvalue weighted by Crippen LogP contribution is 2.28. The standard InChI is InChI=1S/C14H14O.C3H6O.C2H6/c1-14(15,12-8-4-2-5-9-12)13-10-6-3-7-11-13;1-2-3-4;1-2/h2-11,15H,1H3;3H,2H2,1H3;1-2H3. The molecular weight excluding hydrogens is 260 g/mol. The number of hydrogen-bond acceptors (Lipinski definition) is 2. The monoisotopic (exact) mass is 286 g/mol. The van der Waals surface area contributed by atoms with Crippen LogP contribution in [-0.2, 0) is 10.4 Å². The van der Waals surface area contributed by atoms with Crippen LogP contribution in [0.5, 0.6) is 0 Å². The zero-order valence-corrected chi connectivity index (χ0v) is 13.4. The van der Waals surface area contributed by atoms with Gasteiger partial charge in [0.25, 0.3) is 0 Å². The van der Waals surface area contributed by atoms with E-state index >= 15 is 0 Å². The summed E-state index contributed by atoms with van der Waals surface area (Å²) in [4.78, 5) is 9.17. The van der Waals surface area contributed by atoms with Gasteiger partial charge in [0.15, 0.2) is 0 Å². The van der Waals surface area contributed by atoms with Crippen LogP contribution in [0.15, 0.2) is 60.7 Å². The molecule has 0 fully saturated rings. The van der Waals surface area contributed by atoms with Crippen molar-refractivity contribution in [1.82, 2.24) is 0 Å². The van der Waals surface area contributed by atoms with Crippen molar-refractivity contribution in [3.8, 4) is 0 Å². The molecular formula is C19H26O2. The molecule has 0 spiro atoms. The molecule has 2 nitrogen and oxygen atoms in total. The third-order valence-electron chi connectivity index (χ3n) is 2.84. The molecule has 0 unspecified atom stereocenters. The summed E-state index contributed by atoms with van der Waals surface area (Å²) in [6.07, 6.45) is 1.51. The van der Waals surface area contributed by atoms with Gasteiger partial charge < -0.3 is 9.90 Å². The summed E-state index contributed by atoms with van der Waals surface area (Å²) in [5.74, 6) is 0. The first kappa shape index (κ1) is 19.1. The van der Waals surface area contributed by atoms with Gasteiger partial charge in [-0.25, -0.2) is 0 Å². The van der Waals surface area contributed by atoms with Gasteiger partial charge in [0.05, 0.1) is 0 Å². The highest BCUT2D eigenvalue weighted by atomic mass is 16.3. The van der Waals surface area contributed by atoms with Gasteiger partial charge in [-0.2, -0.15) is 0 Å². The van der Waals surface area contributed by atoms with Crippen molar-refractivity contribution in [1.29, 1.82) is 0 Å². The maximum Gasteiger partial charge on any atom is 0.119 e. The summed E-state index contributed by atoms with van der Waals surface area (Å²) >= 11 is 0. The van der Waals surface area contributed by atoms with Crippen LogP contribution in [0.2, 0.25) is 0 Å². The van der Waals surface area contributed by atoms with Crippen molar-refractivity contribution < 1.29 is 9.90 Å². The lowest BCUT2D eigenvalue weighted by atomic mass is 9.88. The number of aliphatic hydroxyl groups is 1. The quantitative estimate of drug-likeness (QED) is 0.840. The number of carbonyl (C=O) groups excluding carboxylic acids is 1. The summed E-state index contributed by atoms with van der Waals surface area (Å²) in [6, 6.07) is 19.4. The molecule has 2 aromatic carbocycles. The zero-order valence-electron chi connectivity index (χ0n) is 13.4. The van der Waals surface area contributed by atoms with Crippen LogP contribution >= 0.6 is 0 Å². The summed E-state index contributed by atoms with van der Waals surface area (Å²) in [5.41, 5.74) is 0.912. The molecule has 0 aliphatic heterocycles. The average molecular weight is 286 g/mol. The number of hydrogen-bond donors (Lipinski definition) is 1. The van der Waals surface area contributed by atoms with Crippen molar-refractivity contribution in [3.63, 3.8) is 0 Å². The van der Waals surface area contributed by atoms with E-state index in [0.29, 0.717) is 6.42 Å². The highest BCUT2D eigenvalue weighted by Gasteiger charge is 2.24. The van der Waals surface area contributed by atoms with E-state index in [1.165, 1.54) is 0 Å². The molecule has 2 rings (SSSR count). The van der Waals surface area contributed by atoms with Crippen molar-refractivity contribution >= 4 is 6.29 Å². The second-order valence-electron chi connectivity index (χ2n) is 4.38. The van der Waals surface area contributed by atoms with Gasteiger partial charge >= 0.3 is 0 Å². The van der Waals surface area contributed by atoms with Gasteiger partial charge in [-0.15, -0.1) is 0 Å². The fraction of sp³-hybridized carbons (Fsp3) is 0.316. The molecule has 0 atom stereocenters. The van der Waals surface area contributed by atoms with E-state index in [9.17, 15) is 9.90 Å². The zero-order chi connectivity index (χ0) is 16.1. The molecule has 0 aliphatic rings. The minimum absolute atomic E-state index is 0.639. The first-order valence-corrected chi connectivity index (χ1v) is 7.40. The largest absolute Gasteiger partial charge is 0.381 e. The van der Waals surface area contributed by atoms with Crippen molar-refractivity contribution in [2.24, 2.45) is 0 Å². The normalized spacial score (nSPS) is 9.57. The second-order valence-corrected chi connectivity index (χ2v) is 4.38. The third-order valence-corrected chi connectivity index (χ3v) is 2.84. The number of rotatable bonds is 3. The molecule has 0 saturated carbocycles. The van der Waals surface area contributed by atoms with E-state index in [2.05, 4.69) is 0 Å². The predicted octanol–water partition coefficient (Wildman–Crippen LogP) is 4.56. The molecule has 0 saturated heterocycles. The number of benzene rings is 2. The molecule has 1 N–H and O–H groups in total. The summed E-state index contributed by atoms with van der Waals surface area (Å²) in [6.45, 7) is 7.63. The number of aldehydes is 1. The Labute approximate surface area is 128 Å². The molecule has 114 valence electrons. The second kappa shape index (κ2) is 10.8. The lowest BCUT2D eigenvalue weighted by Gasteiger charge is -2.24. The van der Waals surface area contributed by atoms with E-state index in [4.69, 9.17) is 0 Å². The fourth-order valence-electron chi connectivity index (χ4n) is 1.69. The Morgan fingerprint density at radius 3 is 1.43 bits per heavy atom. The summed E-state index contributed by atoms with van der Waals surface area (Å²) in [7, 11) is 0. The van der Waals surface area contributed by atoms with Gasteiger partial charge in [0, 0.05) is 6.42 Å². The highest BCUT2D eigenvalue weighted by molar-refractivity contribution is 5.48. The minimum atomic E-state index is -0.914. The molecule has 21 heavy (non-hydrogen) atoms. The Morgan fingerprint density at radius 1 is 0.905 bits per heavy atom. The maximum atomic E-state index is 10.5. The predicted molar refractivity (Wildman–Crippen MR) is 89.3 cm³/mol. The molecule has 0 amide bonds. The van der Waals surface area contributed by atoms with E-state index < -0.39 is 5.60 Å². The first-order valence-electron chi connectivity index (χ1n) is 7.40. The third kappa shape index (κ3) is 6.37. The van der Waals surface area contributed by atoms with Crippen LogP contribution < -0.4 is 0 Å². The van der Waals surface area contributed by atoms with Crippen LogP contribution in [-0.4, -0.2) is 11.4 Å². The fourth-order valence-corrected chi connectivity index (χ4v) is 1.69. The van der Waals surface area contributed by atoms with E-state index in [1.807, 2.05) is 88.4 Å². The molecule has 2 heteroatoms. The van der Waals surface area contributed by atoms with Crippen molar-refractivity contribution in [2.75, 3.05) is 0 Å². The van der Waals surface area contributed by atoms with Crippen LogP contribution in [0, 0.1) is 0 Å². The van der Waals surface area contributed by atoms with E-state index in [-0.39, 0.29) is 0 Å². The van der Waals surface area contributed by atoms with Gasteiger partial charge in [-0.05, 0) is 18.1 Å². The lowest BCUT2D eigenvalue weighted by Crippen LogP contribution is -2.22. The molecule has 0 radical (unpaired) electrons. The maximum absolute atomic E-state index is 10.5. The number of carbonyl (C=O) groups is 1. The molecule has 0 heterocycles. The van der Waals surface area contributed by atoms with Gasteiger partial charge in [0.2, 0.25) is 0 Å². The first-order chi connectivity index (χ1) is 10.1. The SMILES string of the molecule is CC.CC(O)(c1ccccc1)c1ccccc1.CCC=O. The Bertz CT molecular complexity index is 434. The molecule has 0 bridgehead atoms. The van der Waals surface area contributed by atoms with Crippen LogP contribution in [0.1, 0.15) is 45.2 Å². The van der Waals surface area contributed by atoms with Gasteiger partial charge in [-0.3, -0.25) is 0 Å². The molecule has 0 aliphatic carbocycles. The van der Waals surface area contributed by atoms with E-state index in [0.717, 1.165) is 17.4 Å². The molecule has 0 aromatic heterocycles. The van der Waals surface area contributed by atoms with Gasteiger partial charge in [-0.1, -0.05) is 81.4 Å². The Balaban J connectivity index is 0.000000579. The average Bonchev–Trinajstić information content (AvgIpc) is 2.58. The van der Waals surface area contributed by atoms with Gasteiger partial charge in [0.1, 0.15) is 11.9 Å². The Morgan fingerprint density at radius 2 is 1.19 bits per heavy atom. The Hall–Kier alpha value is -1.93. The minimum Gasteiger partial charge on any atom is -0.381 e. The molecule has 2 aromatic rings. The Kier molecular flexibility index (Phi) is 9.82. The van der Waals surface area contributed by atoms with Crippen LogP contribution in [0.4, 0.5) is 0 Å². The topological polar surface area (TPSA) is 37.3 Å².